The van der Waals surface area contributed by atoms with Gasteiger partial charge in [0.1, 0.15) is 6.54 Å². The summed E-state index contributed by atoms with van der Waals surface area (Å²) in [6, 6.07) is 4.48. The van der Waals surface area contributed by atoms with Crippen LogP contribution in [0.3, 0.4) is 0 Å². The zero-order valence-corrected chi connectivity index (χ0v) is 10.2. The molecule has 2 rings (SSSR count). The van der Waals surface area contributed by atoms with Crippen LogP contribution in [0.4, 0.5) is 0 Å². The van der Waals surface area contributed by atoms with Gasteiger partial charge in [-0.2, -0.15) is 0 Å². The molecule has 7 heteroatoms. The molecule has 1 heterocycles. The summed E-state index contributed by atoms with van der Waals surface area (Å²) in [6.07, 6.45) is 0. The van der Waals surface area contributed by atoms with E-state index in [9.17, 15) is 14.4 Å². The fourth-order valence-electron chi connectivity index (χ4n) is 1.62. The molecule has 1 aromatic carbocycles. The van der Waals surface area contributed by atoms with Gasteiger partial charge in [-0.3, -0.25) is 19.1 Å². The SMILES string of the molecule is COC(=O)Cn1c(=O)[nH]c(=O)c2cc(Cl)ccc21. The van der Waals surface area contributed by atoms with E-state index in [1.54, 1.807) is 0 Å². The monoisotopic (exact) mass is 268 g/mol. The van der Waals surface area contributed by atoms with E-state index < -0.39 is 17.2 Å². The number of aromatic nitrogens is 2. The number of esters is 1. The van der Waals surface area contributed by atoms with Gasteiger partial charge in [0, 0.05) is 5.02 Å². The molecule has 0 saturated heterocycles. The van der Waals surface area contributed by atoms with Crippen molar-refractivity contribution < 1.29 is 9.53 Å². The third-order valence-electron chi connectivity index (χ3n) is 2.47. The van der Waals surface area contributed by atoms with Crippen molar-refractivity contribution in [1.29, 1.82) is 0 Å². The van der Waals surface area contributed by atoms with Crippen molar-refractivity contribution in [2.75, 3.05) is 7.11 Å². The number of benzene rings is 1. The Kier molecular flexibility index (Phi) is 3.20. The zero-order chi connectivity index (χ0) is 13.3. The minimum Gasteiger partial charge on any atom is -0.468 e. The number of rotatable bonds is 2. The van der Waals surface area contributed by atoms with E-state index in [1.807, 2.05) is 0 Å². The second-order valence-corrected chi connectivity index (χ2v) is 4.02. The summed E-state index contributed by atoms with van der Waals surface area (Å²) >= 11 is 5.78. The molecule has 0 atom stereocenters. The molecule has 18 heavy (non-hydrogen) atoms. The number of nitrogens with zero attached hydrogens (tertiary/aromatic N) is 1. The van der Waals surface area contributed by atoms with Gasteiger partial charge in [0.2, 0.25) is 0 Å². The van der Waals surface area contributed by atoms with Gasteiger partial charge in [-0.05, 0) is 18.2 Å². The highest BCUT2D eigenvalue weighted by Gasteiger charge is 2.11. The van der Waals surface area contributed by atoms with Gasteiger partial charge >= 0.3 is 11.7 Å². The van der Waals surface area contributed by atoms with Crippen molar-refractivity contribution in [1.82, 2.24) is 9.55 Å². The fourth-order valence-corrected chi connectivity index (χ4v) is 1.79. The highest BCUT2D eigenvalue weighted by molar-refractivity contribution is 6.31. The van der Waals surface area contributed by atoms with E-state index in [1.165, 1.54) is 25.3 Å². The first-order valence-electron chi connectivity index (χ1n) is 5.02. The summed E-state index contributed by atoms with van der Waals surface area (Å²) < 4.78 is 5.62. The molecule has 6 nitrogen and oxygen atoms in total. The normalized spacial score (nSPS) is 10.6. The predicted molar refractivity (Wildman–Crippen MR) is 65.9 cm³/mol. The Labute approximate surface area is 106 Å². The number of carbonyl (C=O) groups is 1. The molecular formula is C11H9ClN2O4. The van der Waals surface area contributed by atoms with Crippen LogP contribution in [0.2, 0.25) is 5.02 Å². The molecule has 0 fully saturated rings. The second kappa shape index (κ2) is 4.66. The van der Waals surface area contributed by atoms with Gasteiger partial charge in [-0.15, -0.1) is 0 Å². The van der Waals surface area contributed by atoms with Crippen LogP contribution < -0.4 is 11.2 Å². The molecule has 94 valence electrons. The van der Waals surface area contributed by atoms with E-state index in [-0.39, 0.29) is 11.9 Å². The lowest BCUT2D eigenvalue weighted by molar-refractivity contribution is -0.141. The van der Waals surface area contributed by atoms with Gasteiger partial charge in [0.25, 0.3) is 5.56 Å². The lowest BCUT2D eigenvalue weighted by Gasteiger charge is -2.08. The van der Waals surface area contributed by atoms with Crippen LogP contribution in [0.5, 0.6) is 0 Å². The maximum atomic E-state index is 11.7. The number of hydrogen-bond donors (Lipinski definition) is 1. The summed E-state index contributed by atoms with van der Waals surface area (Å²) in [5.41, 5.74) is -0.877. The Bertz CT molecular complexity index is 732. The first kappa shape index (κ1) is 12.4. The number of carbonyl (C=O) groups excluding carboxylic acids is 1. The third kappa shape index (κ3) is 2.14. The number of H-pyrrole nitrogens is 1. The lowest BCUT2D eigenvalue weighted by atomic mass is 10.2. The summed E-state index contributed by atoms with van der Waals surface area (Å²) in [4.78, 5) is 36.6. The van der Waals surface area contributed by atoms with Gasteiger partial charge < -0.3 is 4.74 Å². The molecule has 0 saturated carbocycles. The van der Waals surface area contributed by atoms with Gasteiger partial charge in [-0.1, -0.05) is 11.6 Å². The van der Waals surface area contributed by atoms with Crippen molar-refractivity contribution in [2.45, 2.75) is 6.54 Å². The topological polar surface area (TPSA) is 81.2 Å². The summed E-state index contributed by atoms with van der Waals surface area (Å²) in [5.74, 6) is -0.583. The molecule has 1 N–H and O–H groups in total. The van der Waals surface area contributed by atoms with E-state index in [0.717, 1.165) is 4.57 Å². The molecule has 0 aliphatic rings. The Morgan fingerprint density at radius 3 is 2.83 bits per heavy atom. The van der Waals surface area contributed by atoms with Crippen molar-refractivity contribution in [3.05, 3.63) is 44.1 Å². The van der Waals surface area contributed by atoms with Crippen LogP contribution in [-0.4, -0.2) is 22.6 Å². The van der Waals surface area contributed by atoms with Crippen LogP contribution in [0.25, 0.3) is 10.9 Å². The highest BCUT2D eigenvalue weighted by Crippen LogP contribution is 2.14. The van der Waals surface area contributed by atoms with Crippen molar-refractivity contribution in [3.63, 3.8) is 0 Å². The Hall–Kier alpha value is -2.08. The van der Waals surface area contributed by atoms with E-state index in [0.29, 0.717) is 10.5 Å². The minimum absolute atomic E-state index is 0.242. The zero-order valence-electron chi connectivity index (χ0n) is 9.40. The number of nitrogens with one attached hydrogen (secondary N) is 1. The van der Waals surface area contributed by atoms with Crippen LogP contribution in [0, 0.1) is 0 Å². The Balaban J connectivity index is 2.76. The lowest BCUT2D eigenvalue weighted by Crippen LogP contribution is -2.32. The molecule has 0 aliphatic carbocycles. The smallest absolute Gasteiger partial charge is 0.329 e. The quantitative estimate of drug-likeness (QED) is 0.805. The number of hydrogen-bond acceptors (Lipinski definition) is 4. The standard InChI is InChI=1S/C11H9ClN2O4/c1-18-9(15)5-14-8-3-2-6(12)4-7(8)10(16)13-11(14)17/h2-4H,5H2,1H3,(H,13,16,17). The molecule has 0 spiro atoms. The molecule has 1 aromatic heterocycles. The van der Waals surface area contributed by atoms with Crippen LogP contribution >= 0.6 is 11.6 Å². The summed E-state index contributed by atoms with van der Waals surface area (Å²) in [5, 5.41) is 0.613. The molecule has 0 aliphatic heterocycles. The van der Waals surface area contributed by atoms with Gasteiger partial charge in [0.15, 0.2) is 0 Å². The molecule has 0 bridgehead atoms. The largest absolute Gasteiger partial charge is 0.468 e. The molecule has 0 unspecified atom stereocenters. The number of aromatic amines is 1. The van der Waals surface area contributed by atoms with E-state index >= 15 is 0 Å². The van der Waals surface area contributed by atoms with Crippen molar-refractivity contribution in [3.8, 4) is 0 Å². The number of fused-ring (bicyclic) bond motifs is 1. The van der Waals surface area contributed by atoms with Crippen molar-refractivity contribution in [2.24, 2.45) is 0 Å². The number of methoxy groups -OCH3 is 1. The summed E-state index contributed by atoms with van der Waals surface area (Å²) in [6.45, 7) is -0.274. The number of halogens is 1. The number of ether oxygens (including phenoxy) is 1. The minimum atomic E-state index is -0.666. The van der Waals surface area contributed by atoms with Crippen molar-refractivity contribution >= 4 is 28.5 Å². The van der Waals surface area contributed by atoms with Crippen LogP contribution in [-0.2, 0) is 16.1 Å². The Morgan fingerprint density at radius 1 is 1.44 bits per heavy atom. The first-order chi connectivity index (χ1) is 8.52. The van der Waals surface area contributed by atoms with E-state index in [2.05, 4.69) is 9.72 Å². The second-order valence-electron chi connectivity index (χ2n) is 3.58. The van der Waals surface area contributed by atoms with Gasteiger partial charge in [-0.25, -0.2) is 4.79 Å². The average molecular weight is 269 g/mol. The first-order valence-corrected chi connectivity index (χ1v) is 5.40. The molecular weight excluding hydrogens is 260 g/mol. The fraction of sp³-hybridized carbons (Fsp3) is 0.182. The third-order valence-corrected chi connectivity index (χ3v) is 2.71. The van der Waals surface area contributed by atoms with Crippen LogP contribution in [0.15, 0.2) is 27.8 Å². The Morgan fingerprint density at radius 2 is 2.17 bits per heavy atom. The van der Waals surface area contributed by atoms with E-state index in [4.69, 9.17) is 11.6 Å². The maximum absolute atomic E-state index is 11.7. The summed E-state index contributed by atoms with van der Waals surface area (Å²) in [7, 11) is 1.22. The predicted octanol–water partition coefficient (Wildman–Crippen LogP) is 0.516. The average Bonchev–Trinajstić information content (AvgIpc) is 2.34. The molecule has 2 aromatic rings. The maximum Gasteiger partial charge on any atom is 0.329 e. The molecule has 0 amide bonds. The highest BCUT2D eigenvalue weighted by atomic mass is 35.5. The van der Waals surface area contributed by atoms with Gasteiger partial charge in [0.05, 0.1) is 18.0 Å². The van der Waals surface area contributed by atoms with Crippen LogP contribution in [0.1, 0.15) is 0 Å². The molecule has 0 radical (unpaired) electrons.